The van der Waals surface area contributed by atoms with Gasteiger partial charge in [-0.05, 0) is 37.3 Å². The third-order valence-corrected chi connectivity index (χ3v) is 4.58. The molecule has 0 saturated carbocycles. The molecule has 0 radical (unpaired) electrons. The summed E-state index contributed by atoms with van der Waals surface area (Å²) in [6.07, 6.45) is 3.60. The fraction of sp³-hybridized carbons (Fsp3) is 0.0556. The van der Waals surface area contributed by atoms with E-state index in [1.807, 2.05) is 46.5 Å². The maximum absolute atomic E-state index is 11.5. The quantitative estimate of drug-likeness (QED) is 0.527. The van der Waals surface area contributed by atoms with E-state index < -0.39 is 0 Å². The highest BCUT2D eigenvalue weighted by Gasteiger charge is 2.09. The van der Waals surface area contributed by atoms with Gasteiger partial charge in [0.25, 0.3) is 0 Å². The molecule has 2 aromatic heterocycles. The highest BCUT2D eigenvalue weighted by Crippen LogP contribution is 2.26. The minimum atomic E-state index is 0.0483. The molecule has 112 valence electrons. The average Bonchev–Trinajstić information content (AvgIpc) is 3.24. The van der Waals surface area contributed by atoms with Gasteiger partial charge in [-0.25, -0.2) is 9.97 Å². The van der Waals surface area contributed by atoms with Crippen molar-refractivity contribution in [3.8, 4) is 16.3 Å². The van der Waals surface area contributed by atoms with Crippen LogP contribution in [-0.4, -0.2) is 20.3 Å². The molecule has 0 saturated heterocycles. The van der Waals surface area contributed by atoms with Crippen molar-refractivity contribution in [3.63, 3.8) is 0 Å². The van der Waals surface area contributed by atoms with Crippen LogP contribution in [0.4, 0.5) is 0 Å². The van der Waals surface area contributed by atoms with Crippen molar-refractivity contribution in [2.45, 2.75) is 6.92 Å². The lowest BCUT2D eigenvalue weighted by atomic mass is 10.1. The van der Waals surface area contributed by atoms with E-state index in [1.54, 1.807) is 24.6 Å². The highest BCUT2D eigenvalue weighted by molar-refractivity contribution is 7.13. The van der Waals surface area contributed by atoms with Crippen molar-refractivity contribution in [3.05, 3.63) is 65.9 Å². The third kappa shape index (κ3) is 2.45. The number of hydrogen-bond acceptors (Lipinski definition) is 4. The van der Waals surface area contributed by atoms with Crippen LogP contribution in [0.2, 0.25) is 0 Å². The molecule has 5 heteroatoms. The van der Waals surface area contributed by atoms with Crippen molar-refractivity contribution in [2.24, 2.45) is 0 Å². The molecule has 0 aliphatic carbocycles. The van der Waals surface area contributed by atoms with E-state index in [4.69, 9.17) is 0 Å². The Bertz CT molecular complexity index is 1000. The molecule has 0 bridgehead atoms. The summed E-state index contributed by atoms with van der Waals surface area (Å²) in [5, 5.41) is 2.97. The maximum atomic E-state index is 11.5. The largest absolute Gasteiger partial charge is 0.299 e. The second-order valence-electron chi connectivity index (χ2n) is 5.26. The summed E-state index contributed by atoms with van der Waals surface area (Å²) >= 11 is 1.62. The van der Waals surface area contributed by atoms with Gasteiger partial charge in [-0.2, -0.15) is 0 Å². The van der Waals surface area contributed by atoms with Gasteiger partial charge in [0.1, 0.15) is 11.3 Å². The number of carbonyl (C=O) groups is 1. The minimum Gasteiger partial charge on any atom is -0.299 e. The van der Waals surface area contributed by atoms with Gasteiger partial charge in [0.05, 0.1) is 11.0 Å². The van der Waals surface area contributed by atoms with Gasteiger partial charge in [0, 0.05) is 28.4 Å². The minimum absolute atomic E-state index is 0.0483. The molecule has 0 unspecified atom stereocenters. The van der Waals surface area contributed by atoms with E-state index >= 15 is 0 Å². The van der Waals surface area contributed by atoms with E-state index in [0.29, 0.717) is 5.56 Å². The summed E-state index contributed by atoms with van der Waals surface area (Å²) in [6, 6.07) is 13.8. The Morgan fingerprint density at radius 3 is 2.83 bits per heavy atom. The molecule has 0 amide bonds. The molecule has 4 nitrogen and oxygen atoms in total. The van der Waals surface area contributed by atoms with Gasteiger partial charge >= 0.3 is 0 Å². The Morgan fingerprint density at radius 1 is 1.13 bits per heavy atom. The van der Waals surface area contributed by atoms with E-state index in [1.165, 1.54) is 0 Å². The first-order valence-electron chi connectivity index (χ1n) is 7.21. The number of imidazole rings is 1. The van der Waals surface area contributed by atoms with Crippen molar-refractivity contribution >= 4 is 28.2 Å². The van der Waals surface area contributed by atoms with Gasteiger partial charge < -0.3 is 0 Å². The summed E-state index contributed by atoms with van der Waals surface area (Å²) in [7, 11) is 0. The van der Waals surface area contributed by atoms with Crippen LogP contribution in [0, 0.1) is 0 Å². The summed E-state index contributed by atoms with van der Waals surface area (Å²) in [6.45, 7) is 1.57. The lowest BCUT2D eigenvalue weighted by Gasteiger charge is -2.06. The molecule has 0 N–H and O–H groups in total. The lowest BCUT2D eigenvalue weighted by Crippen LogP contribution is -1.94. The molecule has 23 heavy (non-hydrogen) atoms. The van der Waals surface area contributed by atoms with E-state index in [-0.39, 0.29) is 5.78 Å². The Kier molecular flexibility index (Phi) is 3.28. The van der Waals surface area contributed by atoms with E-state index in [0.717, 1.165) is 27.3 Å². The fourth-order valence-corrected chi connectivity index (χ4v) is 3.23. The molecule has 4 aromatic rings. The number of benzene rings is 2. The van der Waals surface area contributed by atoms with E-state index in [9.17, 15) is 4.79 Å². The number of nitrogens with zero attached hydrogens (tertiary/aromatic N) is 3. The standard InChI is InChI=1S/C18H13N3OS/c1-12(22)13-5-6-17-16(10-13)20-11-21(17)15-4-2-3-14(9-15)18-19-7-8-23-18/h2-11H,1H3. The number of aromatic nitrogens is 3. The molecule has 0 aliphatic heterocycles. The van der Waals surface area contributed by atoms with Crippen molar-refractivity contribution in [1.29, 1.82) is 0 Å². The van der Waals surface area contributed by atoms with Crippen molar-refractivity contribution in [2.75, 3.05) is 0 Å². The van der Waals surface area contributed by atoms with Crippen LogP contribution in [0.1, 0.15) is 17.3 Å². The normalized spacial score (nSPS) is 11.0. The van der Waals surface area contributed by atoms with Gasteiger partial charge in [-0.3, -0.25) is 9.36 Å². The summed E-state index contributed by atoms with van der Waals surface area (Å²) < 4.78 is 2.02. The molecule has 0 atom stereocenters. The Labute approximate surface area is 137 Å². The number of hydrogen-bond donors (Lipinski definition) is 0. The molecule has 4 rings (SSSR count). The maximum Gasteiger partial charge on any atom is 0.159 e. The topological polar surface area (TPSA) is 47.8 Å². The van der Waals surface area contributed by atoms with Crippen LogP contribution in [0.25, 0.3) is 27.3 Å². The van der Waals surface area contributed by atoms with Crippen LogP contribution in [0.15, 0.2) is 60.4 Å². The van der Waals surface area contributed by atoms with Crippen LogP contribution in [-0.2, 0) is 0 Å². The number of thiazole rings is 1. The number of fused-ring (bicyclic) bond motifs is 1. The zero-order valence-corrected chi connectivity index (χ0v) is 13.2. The van der Waals surface area contributed by atoms with Gasteiger partial charge in [0.15, 0.2) is 5.78 Å². The Balaban J connectivity index is 1.83. The number of rotatable bonds is 3. The average molecular weight is 319 g/mol. The highest BCUT2D eigenvalue weighted by atomic mass is 32.1. The monoisotopic (exact) mass is 319 g/mol. The molecular weight excluding hydrogens is 306 g/mol. The summed E-state index contributed by atoms with van der Waals surface area (Å²) in [5.41, 5.74) is 4.58. The second-order valence-corrected chi connectivity index (χ2v) is 6.16. The van der Waals surface area contributed by atoms with Gasteiger partial charge in [-0.15, -0.1) is 11.3 Å². The smallest absolute Gasteiger partial charge is 0.159 e. The number of Topliss-reactive ketones (excluding diaryl/α,β-unsaturated/α-hetero) is 1. The third-order valence-electron chi connectivity index (χ3n) is 3.76. The van der Waals surface area contributed by atoms with Crippen molar-refractivity contribution < 1.29 is 4.79 Å². The molecule has 2 aromatic carbocycles. The van der Waals surface area contributed by atoms with E-state index in [2.05, 4.69) is 22.1 Å². The van der Waals surface area contributed by atoms with Crippen molar-refractivity contribution in [1.82, 2.24) is 14.5 Å². The first-order valence-corrected chi connectivity index (χ1v) is 8.09. The molecule has 0 spiro atoms. The molecular formula is C18H13N3OS. The van der Waals surface area contributed by atoms with Crippen LogP contribution >= 0.6 is 11.3 Å². The predicted molar refractivity (Wildman–Crippen MR) is 92.2 cm³/mol. The SMILES string of the molecule is CC(=O)c1ccc2c(c1)ncn2-c1cccc(-c2nccs2)c1. The zero-order chi connectivity index (χ0) is 15.8. The summed E-state index contributed by atoms with van der Waals surface area (Å²) in [5.74, 6) is 0.0483. The first kappa shape index (κ1) is 13.8. The van der Waals surface area contributed by atoms with Crippen LogP contribution < -0.4 is 0 Å². The van der Waals surface area contributed by atoms with Crippen LogP contribution in [0.3, 0.4) is 0 Å². The van der Waals surface area contributed by atoms with Crippen LogP contribution in [0.5, 0.6) is 0 Å². The predicted octanol–water partition coefficient (Wildman–Crippen LogP) is 4.35. The fourth-order valence-electron chi connectivity index (χ4n) is 2.59. The lowest BCUT2D eigenvalue weighted by molar-refractivity contribution is 0.101. The molecule has 0 aliphatic rings. The zero-order valence-electron chi connectivity index (χ0n) is 12.4. The number of ketones is 1. The summed E-state index contributed by atoms with van der Waals surface area (Å²) in [4.78, 5) is 20.3. The number of carbonyl (C=O) groups excluding carboxylic acids is 1. The Morgan fingerprint density at radius 2 is 2.04 bits per heavy atom. The molecule has 0 fully saturated rings. The van der Waals surface area contributed by atoms with Gasteiger partial charge in [-0.1, -0.05) is 12.1 Å². The molecule has 2 heterocycles. The first-order chi connectivity index (χ1) is 11.2. The second kappa shape index (κ2) is 5.44. The van der Waals surface area contributed by atoms with Gasteiger partial charge in [0.2, 0.25) is 0 Å². The Hall–Kier alpha value is -2.79.